The van der Waals surface area contributed by atoms with E-state index in [9.17, 15) is 18.0 Å². The van der Waals surface area contributed by atoms with E-state index in [1.807, 2.05) is 0 Å². The van der Waals surface area contributed by atoms with Gasteiger partial charge in [-0.05, 0) is 30.9 Å². The van der Waals surface area contributed by atoms with Crippen molar-refractivity contribution in [2.75, 3.05) is 39.8 Å². The maximum Gasteiger partial charge on any atom is 0.573 e. The first-order valence-corrected chi connectivity index (χ1v) is 10.7. The van der Waals surface area contributed by atoms with Crippen LogP contribution in [-0.2, 0) is 4.79 Å². The SMILES string of the molecule is CN=C(NC1CC1c1ccccc1OC(F)(F)F)N1CCN(CC(=O)NC2CC2)CC1. The Morgan fingerprint density at radius 1 is 1.16 bits per heavy atom. The van der Waals surface area contributed by atoms with Gasteiger partial charge in [0.15, 0.2) is 5.96 Å². The number of rotatable bonds is 6. The number of hydrogen-bond donors (Lipinski definition) is 2. The molecule has 0 spiro atoms. The molecule has 170 valence electrons. The number of amides is 1. The second kappa shape index (κ2) is 8.94. The van der Waals surface area contributed by atoms with Crippen molar-refractivity contribution >= 4 is 11.9 Å². The normalized spacial score (nSPS) is 24.6. The topological polar surface area (TPSA) is 69.2 Å². The van der Waals surface area contributed by atoms with E-state index in [2.05, 4.69) is 30.2 Å². The van der Waals surface area contributed by atoms with E-state index in [0.717, 1.165) is 51.4 Å². The summed E-state index contributed by atoms with van der Waals surface area (Å²) in [7, 11) is 1.70. The van der Waals surface area contributed by atoms with E-state index in [0.29, 0.717) is 18.2 Å². The molecule has 0 bridgehead atoms. The molecule has 3 aliphatic rings. The predicted octanol–water partition coefficient (Wildman–Crippen LogP) is 1.91. The Kier molecular flexibility index (Phi) is 6.27. The van der Waals surface area contributed by atoms with Crippen LogP contribution in [-0.4, -0.2) is 79.9 Å². The number of alkyl halides is 3. The Hall–Kier alpha value is -2.49. The molecule has 1 heterocycles. The van der Waals surface area contributed by atoms with Gasteiger partial charge in [0.2, 0.25) is 5.91 Å². The van der Waals surface area contributed by atoms with Crippen molar-refractivity contribution in [3.63, 3.8) is 0 Å². The molecule has 10 heteroatoms. The van der Waals surface area contributed by atoms with E-state index >= 15 is 0 Å². The Bertz CT molecular complexity index is 819. The molecule has 1 amide bonds. The van der Waals surface area contributed by atoms with Gasteiger partial charge in [-0.15, -0.1) is 13.2 Å². The molecular weight excluding hydrogens is 411 g/mol. The fraction of sp³-hybridized carbons (Fsp3) is 0.619. The van der Waals surface area contributed by atoms with Gasteiger partial charge in [-0.1, -0.05) is 18.2 Å². The third kappa shape index (κ3) is 6.03. The number of aliphatic imine (C=N–C) groups is 1. The molecule has 3 fully saturated rings. The van der Waals surface area contributed by atoms with Gasteiger partial charge in [-0.2, -0.15) is 0 Å². The number of guanidine groups is 1. The number of para-hydroxylation sites is 1. The number of carbonyl (C=O) groups is 1. The van der Waals surface area contributed by atoms with Crippen molar-refractivity contribution in [3.8, 4) is 5.75 Å². The van der Waals surface area contributed by atoms with Crippen LogP contribution in [0, 0.1) is 0 Å². The maximum atomic E-state index is 12.7. The van der Waals surface area contributed by atoms with E-state index in [1.165, 1.54) is 6.07 Å². The molecule has 1 aromatic rings. The minimum absolute atomic E-state index is 0.0130. The average molecular weight is 439 g/mol. The number of hydrogen-bond acceptors (Lipinski definition) is 4. The number of piperazine rings is 1. The van der Waals surface area contributed by atoms with Gasteiger partial charge in [-0.3, -0.25) is 14.7 Å². The van der Waals surface area contributed by atoms with Crippen LogP contribution < -0.4 is 15.4 Å². The predicted molar refractivity (Wildman–Crippen MR) is 110 cm³/mol. The first-order chi connectivity index (χ1) is 14.8. The van der Waals surface area contributed by atoms with Gasteiger partial charge in [0, 0.05) is 51.2 Å². The Balaban J connectivity index is 1.27. The lowest BCUT2D eigenvalue weighted by atomic mass is 10.1. The van der Waals surface area contributed by atoms with Gasteiger partial charge >= 0.3 is 6.36 Å². The lowest BCUT2D eigenvalue weighted by Gasteiger charge is -2.36. The lowest BCUT2D eigenvalue weighted by molar-refractivity contribution is -0.274. The Labute approximate surface area is 179 Å². The lowest BCUT2D eigenvalue weighted by Crippen LogP contribution is -2.54. The summed E-state index contributed by atoms with van der Waals surface area (Å²) in [6.45, 7) is 3.41. The summed E-state index contributed by atoms with van der Waals surface area (Å²) < 4.78 is 42.3. The first-order valence-electron chi connectivity index (χ1n) is 10.7. The number of carbonyl (C=O) groups excluding carboxylic acids is 1. The van der Waals surface area contributed by atoms with Gasteiger partial charge in [0.1, 0.15) is 5.75 Å². The quantitative estimate of drug-likeness (QED) is 0.524. The highest BCUT2D eigenvalue weighted by atomic mass is 19.4. The van der Waals surface area contributed by atoms with E-state index in [-0.39, 0.29) is 23.6 Å². The number of benzene rings is 1. The van der Waals surface area contributed by atoms with Crippen molar-refractivity contribution in [3.05, 3.63) is 29.8 Å². The number of nitrogens with one attached hydrogen (secondary N) is 2. The molecule has 4 rings (SSSR count). The van der Waals surface area contributed by atoms with Crippen LogP contribution in [0.4, 0.5) is 13.2 Å². The number of nitrogens with zero attached hydrogens (tertiary/aromatic N) is 3. The smallest absolute Gasteiger partial charge is 0.405 e. The molecule has 0 aromatic heterocycles. The average Bonchev–Trinajstić information content (AvgIpc) is 3.63. The van der Waals surface area contributed by atoms with Crippen LogP contribution in [0.5, 0.6) is 5.75 Å². The monoisotopic (exact) mass is 439 g/mol. The second-order valence-corrected chi connectivity index (χ2v) is 8.33. The van der Waals surface area contributed by atoms with Crippen LogP contribution in [0.1, 0.15) is 30.7 Å². The summed E-state index contributed by atoms with van der Waals surface area (Å²) in [5, 5.41) is 6.39. The summed E-state index contributed by atoms with van der Waals surface area (Å²) in [6, 6.07) is 6.68. The van der Waals surface area contributed by atoms with Crippen LogP contribution >= 0.6 is 0 Å². The Morgan fingerprint density at radius 2 is 1.87 bits per heavy atom. The zero-order valence-electron chi connectivity index (χ0n) is 17.5. The molecule has 2 saturated carbocycles. The van der Waals surface area contributed by atoms with Crippen LogP contribution in [0.2, 0.25) is 0 Å². The minimum Gasteiger partial charge on any atom is -0.405 e. The molecule has 2 unspecified atom stereocenters. The van der Waals surface area contributed by atoms with Crippen molar-refractivity contribution in [2.45, 2.75) is 43.6 Å². The highest BCUT2D eigenvalue weighted by molar-refractivity contribution is 5.81. The zero-order valence-corrected chi connectivity index (χ0v) is 17.5. The van der Waals surface area contributed by atoms with Gasteiger partial charge < -0.3 is 20.3 Å². The highest BCUT2D eigenvalue weighted by Gasteiger charge is 2.43. The van der Waals surface area contributed by atoms with Crippen molar-refractivity contribution in [1.29, 1.82) is 0 Å². The molecular formula is C21H28F3N5O2. The van der Waals surface area contributed by atoms with Crippen LogP contribution in [0.25, 0.3) is 0 Å². The summed E-state index contributed by atoms with van der Waals surface area (Å²) in [5.41, 5.74) is 0.555. The molecule has 2 atom stereocenters. The van der Waals surface area contributed by atoms with Gasteiger partial charge in [-0.25, -0.2) is 0 Å². The summed E-state index contributed by atoms with van der Waals surface area (Å²) in [5.74, 6) is 0.628. The first kappa shape index (κ1) is 21.7. The maximum absolute atomic E-state index is 12.7. The Morgan fingerprint density at radius 3 is 2.52 bits per heavy atom. The molecule has 1 saturated heterocycles. The molecule has 2 aliphatic carbocycles. The standard InChI is InChI=1S/C21H28F3N5O2/c1-25-20(29-10-8-28(9-11-29)13-19(30)26-14-6-7-14)27-17-12-16(17)15-4-2-3-5-18(15)31-21(22,23)24/h2-5,14,16-17H,6-13H2,1H3,(H,25,27)(H,26,30). The fourth-order valence-corrected chi connectivity index (χ4v) is 3.99. The van der Waals surface area contributed by atoms with Gasteiger partial charge in [0.25, 0.3) is 0 Å². The molecule has 0 radical (unpaired) electrons. The van der Waals surface area contributed by atoms with Gasteiger partial charge in [0.05, 0.1) is 6.54 Å². The summed E-state index contributed by atoms with van der Waals surface area (Å²) >= 11 is 0. The largest absolute Gasteiger partial charge is 0.573 e. The third-order valence-corrected chi connectivity index (χ3v) is 5.84. The van der Waals surface area contributed by atoms with Crippen molar-refractivity contribution in [2.24, 2.45) is 4.99 Å². The van der Waals surface area contributed by atoms with Crippen LogP contribution in [0.15, 0.2) is 29.3 Å². The van der Waals surface area contributed by atoms with E-state index < -0.39 is 6.36 Å². The van der Waals surface area contributed by atoms with Crippen LogP contribution in [0.3, 0.4) is 0 Å². The zero-order chi connectivity index (χ0) is 22.0. The number of ether oxygens (including phenoxy) is 1. The third-order valence-electron chi connectivity index (χ3n) is 5.84. The minimum atomic E-state index is -4.71. The molecule has 31 heavy (non-hydrogen) atoms. The molecule has 1 aliphatic heterocycles. The summed E-state index contributed by atoms with van der Waals surface area (Å²) in [4.78, 5) is 20.6. The highest BCUT2D eigenvalue weighted by Crippen LogP contribution is 2.45. The van der Waals surface area contributed by atoms with E-state index in [1.54, 1.807) is 25.2 Å². The fourth-order valence-electron chi connectivity index (χ4n) is 3.99. The molecule has 2 N–H and O–H groups in total. The van der Waals surface area contributed by atoms with Crippen molar-refractivity contribution in [1.82, 2.24) is 20.4 Å². The number of halogens is 3. The molecule has 7 nitrogen and oxygen atoms in total. The van der Waals surface area contributed by atoms with Crippen molar-refractivity contribution < 1.29 is 22.7 Å². The van der Waals surface area contributed by atoms with E-state index in [4.69, 9.17) is 0 Å². The second-order valence-electron chi connectivity index (χ2n) is 8.33. The molecule has 1 aromatic carbocycles. The summed E-state index contributed by atoms with van der Waals surface area (Å²) in [6.07, 6.45) is -1.83.